The van der Waals surface area contributed by atoms with Gasteiger partial charge in [0.15, 0.2) is 9.84 Å². The Kier molecular flexibility index (Phi) is 4.71. The Morgan fingerprint density at radius 2 is 2.00 bits per heavy atom. The predicted octanol–water partition coefficient (Wildman–Crippen LogP) is 2.31. The fourth-order valence-electron chi connectivity index (χ4n) is 3.02. The molecule has 6 nitrogen and oxygen atoms in total. The average Bonchev–Trinajstić information content (AvgIpc) is 3.05. The van der Waals surface area contributed by atoms with E-state index in [4.69, 9.17) is 4.74 Å². The van der Waals surface area contributed by atoms with E-state index >= 15 is 0 Å². The lowest BCUT2D eigenvalue weighted by Crippen LogP contribution is -2.20. The largest absolute Gasteiger partial charge is 0.360 e. The van der Waals surface area contributed by atoms with E-state index in [0.717, 1.165) is 18.5 Å². The van der Waals surface area contributed by atoms with Crippen molar-refractivity contribution in [3.05, 3.63) is 46.4 Å². The van der Waals surface area contributed by atoms with Gasteiger partial charge in [0.1, 0.15) is 6.23 Å². The number of hydrogen-bond donors (Lipinski definition) is 1. The normalized spacial score (nSPS) is 17.6. The first-order chi connectivity index (χ1) is 11.8. The van der Waals surface area contributed by atoms with Crippen molar-refractivity contribution < 1.29 is 13.2 Å². The minimum Gasteiger partial charge on any atom is -0.360 e. The van der Waals surface area contributed by atoms with E-state index in [9.17, 15) is 13.2 Å². The quantitative estimate of drug-likeness (QED) is 0.903. The number of benzene rings is 1. The molecular formula is C18H22N2O4S. The van der Waals surface area contributed by atoms with Gasteiger partial charge in [-0.1, -0.05) is 0 Å². The second-order valence-electron chi connectivity index (χ2n) is 6.40. The molecule has 0 bridgehead atoms. The highest BCUT2D eigenvalue weighted by atomic mass is 32.2. The topological polar surface area (TPSA) is 77.4 Å². The van der Waals surface area contributed by atoms with Gasteiger partial charge in [-0.3, -0.25) is 4.79 Å². The van der Waals surface area contributed by atoms with Crippen LogP contribution in [0.4, 0.5) is 5.69 Å². The Balaban J connectivity index is 2.17. The van der Waals surface area contributed by atoms with Gasteiger partial charge in [0.25, 0.3) is 5.56 Å². The fourth-order valence-corrected chi connectivity index (χ4v) is 3.67. The second kappa shape index (κ2) is 6.65. The molecule has 0 saturated carbocycles. The zero-order valence-electron chi connectivity index (χ0n) is 14.6. The highest BCUT2D eigenvalue weighted by Crippen LogP contribution is 2.33. The number of pyridine rings is 1. The summed E-state index contributed by atoms with van der Waals surface area (Å²) in [5.41, 5.74) is 2.63. The summed E-state index contributed by atoms with van der Waals surface area (Å²) in [5, 5.41) is 3.32. The molecule has 1 aliphatic heterocycles. The van der Waals surface area contributed by atoms with Gasteiger partial charge in [0.05, 0.1) is 4.90 Å². The van der Waals surface area contributed by atoms with Crippen molar-refractivity contribution in [2.45, 2.75) is 30.9 Å². The molecule has 1 aliphatic rings. The molecule has 2 heterocycles. The van der Waals surface area contributed by atoms with Gasteiger partial charge in [-0.2, -0.15) is 0 Å². The lowest BCUT2D eigenvalue weighted by atomic mass is 10.00. The molecule has 7 heteroatoms. The molecule has 25 heavy (non-hydrogen) atoms. The molecule has 3 rings (SSSR count). The molecule has 1 atom stereocenters. The smallest absolute Gasteiger partial charge is 0.253 e. The number of ether oxygens (including phenoxy) is 1. The van der Waals surface area contributed by atoms with Crippen LogP contribution < -0.4 is 10.9 Å². The Labute approximate surface area is 147 Å². The molecule has 0 amide bonds. The van der Waals surface area contributed by atoms with Crippen LogP contribution in [0.1, 0.15) is 18.4 Å². The molecule has 1 fully saturated rings. The number of sulfone groups is 1. The molecule has 1 saturated heterocycles. The lowest BCUT2D eigenvalue weighted by Gasteiger charge is -2.19. The van der Waals surface area contributed by atoms with Gasteiger partial charge in [-0.25, -0.2) is 8.42 Å². The summed E-state index contributed by atoms with van der Waals surface area (Å²) in [4.78, 5) is 12.5. The predicted molar refractivity (Wildman–Crippen MR) is 97.6 cm³/mol. The van der Waals surface area contributed by atoms with Gasteiger partial charge >= 0.3 is 0 Å². The van der Waals surface area contributed by atoms with Crippen LogP contribution in [0.15, 0.2) is 40.2 Å². The number of nitrogens with zero attached hydrogens (tertiary/aromatic N) is 1. The third-order valence-corrected chi connectivity index (χ3v) is 5.58. The highest BCUT2D eigenvalue weighted by Gasteiger charge is 2.20. The van der Waals surface area contributed by atoms with E-state index in [1.165, 1.54) is 10.8 Å². The molecule has 1 N–H and O–H groups in total. The molecule has 1 aromatic heterocycles. The maximum atomic E-state index is 12.3. The van der Waals surface area contributed by atoms with Gasteiger partial charge in [0, 0.05) is 42.9 Å². The SMILES string of the molecule is Cc1c(-c2cc(S(C)(=O)=O)ccc2NC2CCCO2)ccn(C)c1=O. The van der Waals surface area contributed by atoms with Crippen LogP contribution in [0.25, 0.3) is 11.1 Å². The molecule has 1 unspecified atom stereocenters. The number of anilines is 1. The van der Waals surface area contributed by atoms with Crippen molar-refractivity contribution in [2.75, 3.05) is 18.2 Å². The van der Waals surface area contributed by atoms with Crippen molar-refractivity contribution in [3.8, 4) is 11.1 Å². The Morgan fingerprint density at radius 3 is 2.64 bits per heavy atom. The lowest BCUT2D eigenvalue weighted by molar-refractivity contribution is 0.132. The van der Waals surface area contributed by atoms with Crippen molar-refractivity contribution in [1.82, 2.24) is 4.57 Å². The fraction of sp³-hybridized carbons (Fsp3) is 0.389. The van der Waals surface area contributed by atoms with Crippen LogP contribution in [0.5, 0.6) is 0 Å². The van der Waals surface area contributed by atoms with Crippen LogP contribution in [0, 0.1) is 6.92 Å². The Hall–Kier alpha value is -2.12. The second-order valence-corrected chi connectivity index (χ2v) is 8.41. The van der Waals surface area contributed by atoms with Gasteiger partial charge < -0.3 is 14.6 Å². The van der Waals surface area contributed by atoms with Crippen molar-refractivity contribution in [3.63, 3.8) is 0 Å². The molecule has 0 aliphatic carbocycles. The van der Waals surface area contributed by atoms with E-state index in [0.29, 0.717) is 23.3 Å². The molecule has 2 aromatic rings. The van der Waals surface area contributed by atoms with Gasteiger partial charge in [-0.15, -0.1) is 0 Å². The number of rotatable bonds is 4. The zero-order chi connectivity index (χ0) is 18.2. The summed E-state index contributed by atoms with van der Waals surface area (Å²) in [6.07, 6.45) is 4.64. The van der Waals surface area contributed by atoms with Crippen molar-refractivity contribution in [2.24, 2.45) is 7.05 Å². The summed E-state index contributed by atoms with van der Waals surface area (Å²) in [6.45, 7) is 2.46. The minimum atomic E-state index is -3.35. The molecule has 1 aromatic carbocycles. The summed E-state index contributed by atoms with van der Waals surface area (Å²) < 4.78 is 31.1. The average molecular weight is 362 g/mol. The van der Waals surface area contributed by atoms with Crippen LogP contribution in [-0.4, -0.2) is 32.1 Å². The van der Waals surface area contributed by atoms with E-state index in [1.807, 2.05) is 6.07 Å². The van der Waals surface area contributed by atoms with Crippen molar-refractivity contribution >= 4 is 15.5 Å². The summed E-state index contributed by atoms with van der Waals surface area (Å²) in [5.74, 6) is 0. The number of nitrogens with one attached hydrogen (secondary N) is 1. The minimum absolute atomic E-state index is 0.102. The third-order valence-electron chi connectivity index (χ3n) is 4.47. The first-order valence-corrected chi connectivity index (χ1v) is 10.1. The zero-order valence-corrected chi connectivity index (χ0v) is 15.4. The first kappa shape index (κ1) is 17.7. The number of aromatic nitrogens is 1. The van der Waals surface area contributed by atoms with E-state index < -0.39 is 9.84 Å². The Bertz CT molecular complexity index is 958. The third kappa shape index (κ3) is 3.62. The standard InChI is InChI=1S/C18H22N2O4S/c1-12-14(8-9-20(2)18(12)21)15-11-13(25(3,22)23)6-7-16(15)19-17-5-4-10-24-17/h6-9,11,17,19H,4-5,10H2,1-3H3. The van der Waals surface area contributed by atoms with Crippen LogP contribution in [0.2, 0.25) is 0 Å². The van der Waals surface area contributed by atoms with E-state index in [1.54, 1.807) is 38.4 Å². The van der Waals surface area contributed by atoms with Gasteiger partial charge in [0.2, 0.25) is 0 Å². The number of aryl methyl sites for hydroxylation is 1. The molecule has 0 spiro atoms. The maximum Gasteiger partial charge on any atom is 0.253 e. The van der Waals surface area contributed by atoms with Crippen LogP contribution in [0.3, 0.4) is 0 Å². The number of hydrogen-bond acceptors (Lipinski definition) is 5. The summed E-state index contributed by atoms with van der Waals surface area (Å²) in [6, 6.07) is 6.77. The maximum absolute atomic E-state index is 12.3. The monoisotopic (exact) mass is 362 g/mol. The van der Waals surface area contributed by atoms with Gasteiger partial charge in [-0.05, 0) is 49.6 Å². The van der Waals surface area contributed by atoms with Crippen molar-refractivity contribution in [1.29, 1.82) is 0 Å². The summed E-state index contributed by atoms with van der Waals surface area (Å²) >= 11 is 0. The highest BCUT2D eigenvalue weighted by molar-refractivity contribution is 7.90. The molecule has 0 radical (unpaired) electrons. The van der Waals surface area contributed by atoms with Crippen LogP contribution in [-0.2, 0) is 21.6 Å². The van der Waals surface area contributed by atoms with E-state index in [2.05, 4.69) is 5.32 Å². The first-order valence-electron chi connectivity index (χ1n) is 8.16. The Morgan fingerprint density at radius 1 is 1.24 bits per heavy atom. The molecular weight excluding hydrogens is 340 g/mol. The van der Waals surface area contributed by atoms with Crippen LogP contribution >= 0.6 is 0 Å². The molecule has 134 valence electrons. The van der Waals surface area contributed by atoms with E-state index in [-0.39, 0.29) is 16.7 Å². The summed E-state index contributed by atoms with van der Waals surface area (Å²) in [7, 11) is -1.66.